The van der Waals surface area contributed by atoms with Crippen molar-refractivity contribution in [2.45, 2.75) is 281 Å². The lowest BCUT2D eigenvalue weighted by molar-refractivity contribution is -0.302. The molecule has 0 aliphatic carbocycles. The van der Waals surface area contributed by atoms with Gasteiger partial charge in [0.15, 0.2) is 6.29 Å². The van der Waals surface area contributed by atoms with Gasteiger partial charge in [0.25, 0.3) is 0 Å². The van der Waals surface area contributed by atoms with Crippen LogP contribution in [0.2, 0.25) is 0 Å². The topological polar surface area (TPSA) is 149 Å². The summed E-state index contributed by atoms with van der Waals surface area (Å²) in [6.07, 6.45) is 52.0. The van der Waals surface area contributed by atoms with E-state index in [1.54, 1.807) is 6.08 Å². The summed E-state index contributed by atoms with van der Waals surface area (Å²) in [5.74, 6) is -0.189. The lowest BCUT2D eigenvalue weighted by Gasteiger charge is -2.40. The highest BCUT2D eigenvalue weighted by atomic mass is 16.7. The SMILES string of the molecule is CCCCCC/C=C/CC/C=C/C(O)C(COC1OC(CO)C(O)C(O)C1O)NC(=O)CCCCCCCCCCCCCCCCC/C=C\C/C=C\CCCCCCCCCCC. The van der Waals surface area contributed by atoms with Crippen LogP contribution in [0.5, 0.6) is 0 Å². The highest BCUT2D eigenvalue weighted by Crippen LogP contribution is 2.23. The van der Waals surface area contributed by atoms with Crippen LogP contribution in [-0.4, -0.2) is 87.5 Å². The largest absolute Gasteiger partial charge is 0.394 e. The number of unbranched alkanes of at least 4 members (excludes halogenated alkanes) is 29. The maximum Gasteiger partial charge on any atom is 0.220 e. The number of hydrogen-bond acceptors (Lipinski definition) is 8. The first kappa shape index (κ1) is 60.2. The normalized spacial score (nSPS) is 20.4. The van der Waals surface area contributed by atoms with Gasteiger partial charge in [-0.25, -0.2) is 0 Å². The number of aliphatic hydroxyl groups excluding tert-OH is 5. The Balaban J connectivity index is 2.13. The van der Waals surface area contributed by atoms with Crippen LogP contribution in [0, 0.1) is 0 Å². The molecule has 0 aromatic heterocycles. The average Bonchev–Trinajstić information content (AvgIpc) is 3.29. The van der Waals surface area contributed by atoms with E-state index in [0.29, 0.717) is 6.42 Å². The predicted octanol–water partition coefficient (Wildman–Crippen LogP) is 12.6. The third kappa shape index (κ3) is 34.5. The summed E-state index contributed by atoms with van der Waals surface area (Å²) in [7, 11) is 0. The Bertz CT molecular complexity index is 1140. The first-order valence-corrected chi connectivity index (χ1v) is 26.9. The summed E-state index contributed by atoms with van der Waals surface area (Å²) < 4.78 is 11.2. The van der Waals surface area contributed by atoms with E-state index < -0.39 is 49.5 Å². The molecule has 1 fully saturated rings. The molecule has 9 nitrogen and oxygen atoms in total. The summed E-state index contributed by atoms with van der Waals surface area (Å²) in [6.45, 7) is 3.72. The Kier molecular flexibility index (Phi) is 42.3. The van der Waals surface area contributed by atoms with E-state index in [1.165, 1.54) is 173 Å². The van der Waals surface area contributed by atoms with Gasteiger partial charge in [0, 0.05) is 6.42 Å². The van der Waals surface area contributed by atoms with Crippen molar-refractivity contribution in [1.82, 2.24) is 5.32 Å². The summed E-state index contributed by atoms with van der Waals surface area (Å²) in [5.41, 5.74) is 0. The fourth-order valence-electron chi connectivity index (χ4n) is 8.32. The maximum absolute atomic E-state index is 13.0. The number of carbonyl (C=O) groups is 1. The monoisotopic (exact) mass is 904 g/mol. The van der Waals surface area contributed by atoms with Crippen LogP contribution in [0.3, 0.4) is 0 Å². The zero-order valence-electron chi connectivity index (χ0n) is 41.3. The van der Waals surface area contributed by atoms with Crippen LogP contribution in [0.1, 0.15) is 239 Å². The van der Waals surface area contributed by atoms with E-state index in [4.69, 9.17) is 9.47 Å². The molecule has 7 unspecified atom stereocenters. The third-order valence-electron chi connectivity index (χ3n) is 12.6. The molecule has 1 saturated heterocycles. The summed E-state index contributed by atoms with van der Waals surface area (Å²) in [4.78, 5) is 13.0. The number of ether oxygens (including phenoxy) is 2. The fourth-order valence-corrected chi connectivity index (χ4v) is 8.32. The van der Waals surface area contributed by atoms with Gasteiger partial charge in [-0.2, -0.15) is 0 Å². The number of allylic oxidation sites excluding steroid dienone is 7. The number of carbonyl (C=O) groups excluding carboxylic acids is 1. The number of rotatable bonds is 45. The van der Waals surface area contributed by atoms with E-state index in [-0.39, 0.29) is 12.5 Å². The second-order valence-corrected chi connectivity index (χ2v) is 18.7. The Hall–Kier alpha value is -1.85. The zero-order valence-corrected chi connectivity index (χ0v) is 41.3. The molecule has 1 aliphatic heterocycles. The molecule has 0 bridgehead atoms. The van der Waals surface area contributed by atoms with Crippen molar-refractivity contribution in [2.24, 2.45) is 0 Å². The van der Waals surface area contributed by atoms with Crippen molar-refractivity contribution in [3.05, 3.63) is 48.6 Å². The fraction of sp³-hybridized carbons (Fsp3) is 0.836. The number of hydrogen-bond donors (Lipinski definition) is 6. The molecule has 1 rings (SSSR count). The van der Waals surface area contributed by atoms with Crippen LogP contribution in [0.4, 0.5) is 0 Å². The molecule has 1 amide bonds. The maximum atomic E-state index is 13.0. The van der Waals surface area contributed by atoms with Crippen LogP contribution in [0.25, 0.3) is 0 Å². The van der Waals surface area contributed by atoms with E-state index in [1.807, 2.05) is 6.08 Å². The third-order valence-corrected chi connectivity index (χ3v) is 12.6. The Morgan fingerprint density at radius 3 is 1.42 bits per heavy atom. The van der Waals surface area contributed by atoms with E-state index in [9.17, 15) is 30.3 Å². The first-order valence-electron chi connectivity index (χ1n) is 26.9. The van der Waals surface area contributed by atoms with Gasteiger partial charge >= 0.3 is 0 Å². The van der Waals surface area contributed by atoms with Gasteiger partial charge in [-0.1, -0.05) is 217 Å². The Morgan fingerprint density at radius 1 is 0.531 bits per heavy atom. The lowest BCUT2D eigenvalue weighted by Crippen LogP contribution is -2.60. The Labute approximate surface area is 393 Å². The molecule has 0 radical (unpaired) electrons. The molecule has 0 saturated carbocycles. The quantitative estimate of drug-likeness (QED) is 0.0261. The molecular formula is C55H101NO8. The van der Waals surface area contributed by atoms with Crippen LogP contribution < -0.4 is 5.32 Å². The van der Waals surface area contributed by atoms with Crippen LogP contribution >= 0.6 is 0 Å². The molecule has 7 atom stereocenters. The Morgan fingerprint density at radius 2 is 0.938 bits per heavy atom. The van der Waals surface area contributed by atoms with Gasteiger partial charge < -0.3 is 40.3 Å². The summed E-state index contributed by atoms with van der Waals surface area (Å²) in [5, 5.41) is 54.1. The van der Waals surface area contributed by atoms with Crippen molar-refractivity contribution >= 4 is 5.91 Å². The van der Waals surface area contributed by atoms with E-state index in [2.05, 4.69) is 55.6 Å². The highest BCUT2D eigenvalue weighted by Gasteiger charge is 2.44. The van der Waals surface area contributed by atoms with Gasteiger partial charge in [0.2, 0.25) is 5.91 Å². The minimum atomic E-state index is -1.57. The van der Waals surface area contributed by atoms with Gasteiger partial charge in [-0.3, -0.25) is 4.79 Å². The average molecular weight is 904 g/mol. The zero-order chi connectivity index (χ0) is 46.6. The van der Waals surface area contributed by atoms with E-state index >= 15 is 0 Å². The van der Waals surface area contributed by atoms with Gasteiger partial charge in [0.05, 0.1) is 25.4 Å². The van der Waals surface area contributed by atoms with Crippen molar-refractivity contribution in [1.29, 1.82) is 0 Å². The van der Waals surface area contributed by atoms with Crippen molar-refractivity contribution in [3.63, 3.8) is 0 Å². The van der Waals surface area contributed by atoms with Crippen molar-refractivity contribution < 1.29 is 39.8 Å². The van der Waals surface area contributed by atoms with Crippen LogP contribution in [-0.2, 0) is 14.3 Å². The molecule has 64 heavy (non-hydrogen) atoms. The van der Waals surface area contributed by atoms with Gasteiger partial charge in [-0.15, -0.1) is 0 Å². The van der Waals surface area contributed by atoms with Crippen molar-refractivity contribution in [2.75, 3.05) is 13.2 Å². The molecule has 9 heteroatoms. The molecular weight excluding hydrogens is 803 g/mol. The molecule has 0 aromatic rings. The van der Waals surface area contributed by atoms with Gasteiger partial charge in [-0.05, 0) is 64.2 Å². The predicted molar refractivity (Wildman–Crippen MR) is 267 cm³/mol. The number of aliphatic hydroxyl groups is 5. The molecule has 0 aromatic carbocycles. The molecule has 0 spiro atoms. The second-order valence-electron chi connectivity index (χ2n) is 18.7. The standard InChI is InChI=1S/C55H101NO8/c1-3-5-7-9-11-13-15-16-17-18-19-20-21-22-23-24-25-26-27-28-29-30-31-32-33-34-35-37-39-41-43-45-51(59)56-48(47-63-55-54(62)53(61)52(60)50(46-57)64-55)49(58)44-42-40-38-36-14-12-10-8-6-4-2/h14,19-20,22-23,36,42,44,48-50,52-55,57-58,60-62H,3-13,15-18,21,24-35,37-41,43,45-47H2,1-2H3,(H,56,59)/b20-19-,23-22-,36-14+,44-42+. The molecule has 1 aliphatic rings. The summed E-state index contributed by atoms with van der Waals surface area (Å²) in [6, 6.07) is -0.820. The van der Waals surface area contributed by atoms with Crippen molar-refractivity contribution in [3.8, 4) is 0 Å². The minimum absolute atomic E-state index is 0.189. The van der Waals surface area contributed by atoms with Crippen LogP contribution in [0.15, 0.2) is 48.6 Å². The molecule has 1 heterocycles. The second kappa shape index (κ2) is 45.0. The summed E-state index contributed by atoms with van der Waals surface area (Å²) >= 11 is 0. The van der Waals surface area contributed by atoms with E-state index in [0.717, 1.165) is 44.9 Å². The number of amides is 1. The molecule has 374 valence electrons. The molecule has 6 N–H and O–H groups in total. The lowest BCUT2D eigenvalue weighted by atomic mass is 9.99. The number of nitrogens with one attached hydrogen (secondary N) is 1. The minimum Gasteiger partial charge on any atom is -0.394 e. The van der Waals surface area contributed by atoms with Gasteiger partial charge in [0.1, 0.15) is 24.4 Å². The smallest absolute Gasteiger partial charge is 0.220 e. The highest BCUT2D eigenvalue weighted by molar-refractivity contribution is 5.76. The first-order chi connectivity index (χ1) is 31.3.